The Balaban J connectivity index is 1.33. The Morgan fingerprint density at radius 1 is 0.703 bits per heavy atom. The Morgan fingerprint density at radius 2 is 1.22 bits per heavy atom. The van der Waals surface area contributed by atoms with Crippen LogP contribution in [0.1, 0.15) is 59.7 Å². The third-order valence-corrected chi connectivity index (χ3v) is 7.12. The summed E-state index contributed by atoms with van der Waals surface area (Å²) in [7, 11) is 0. The van der Waals surface area contributed by atoms with Gasteiger partial charge < -0.3 is 4.84 Å². The SMILES string of the molecule is CCc1ccc(C(c2ccc(F)cc2)N2CCC(=NOC(c3ccccc3)c3ccccc3)CC2)cc1. The summed E-state index contributed by atoms with van der Waals surface area (Å²) in [5.74, 6) is -0.208. The van der Waals surface area contributed by atoms with Gasteiger partial charge in [-0.2, -0.15) is 0 Å². The van der Waals surface area contributed by atoms with Crippen molar-refractivity contribution in [3.8, 4) is 0 Å². The van der Waals surface area contributed by atoms with Crippen LogP contribution in [0.4, 0.5) is 4.39 Å². The molecule has 4 aromatic rings. The van der Waals surface area contributed by atoms with Crippen LogP contribution in [0.2, 0.25) is 0 Å². The first kappa shape index (κ1) is 24.9. The smallest absolute Gasteiger partial charge is 0.177 e. The molecule has 0 N–H and O–H groups in total. The second-order valence-electron chi connectivity index (χ2n) is 9.55. The van der Waals surface area contributed by atoms with E-state index in [2.05, 4.69) is 65.5 Å². The van der Waals surface area contributed by atoms with Crippen LogP contribution in [0.3, 0.4) is 0 Å². The molecule has 0 bridgehead atoms. The van der Waals surface area contributed by atoms with Crippen LogP contribution in [0, 0.1) is 5.82 Å². The zero-order valence-corrected chi connectivity index (χ0v) is 21.3. The highest BCUT2D eigenvalue weighted by Crippen LogP contribution is 2.32. The topological polar surface area (TPSA) is 24.8 Å². The van der Waals surface area contributed by atoms with Gasteiger partial charge in [-0.3, -0.25) is 4.90 Å². The summed E-state index contributed by atoms with van der Waals surface area (Å²) in [4.78, 5) is 8.66. The van der Waals surface area contributed by atoms with Crippen molar-refractivity contribution in [3.63, 3.8) is 0 Å². The second-order valence-corrected chi connectivity index (χ2v) is 9.55. The van der Waals surface area contributed by atoms with Crippen molar-refractivity contribution in [2.75, 3.05) is 13.1 Å². The van der Waals surface area contributed by atoms with Crippen LogP contribution >= 0.6 is 0 Å². The standard InChI is InChI=1S/C33H33FN2O/c1-2-25-13-15-26(16-14-25)32(27-17-19-30(34)20-18-27)36-23-21-31(22-24-36)35-37-33(28-9-5-3-6-10-28)29-11-7-4-8-12-29/h3-20,32-33H,2,21-24H2,1H3. The summed E-state index contributed by atoms with van der Waals surface area (Å²) < 4.78 is 13.7. The van der Waals surface area contributed by atoms with Crippen LogP contribution in [0.25, 0.3) is 0 Å². The number of nitrogens with zero attached hydrogens (tertiary/aromatic N) is 2. The fourth-order valence-corrected chi connectivity index (χ4v) is 5.02. The number of aryl methyl sites for hydroxylation is 1. The molecule has 1 heterocycles. The lowest BCUT2D eigenvalue weighted by molar-refractivity contribution is 0.0846. The lowest BCUT2D eigenvalue weighted by atomic mass is 9.93. The van der Waals surface area contributed by atoms with E-state index in [-0.39, 0.29) is 18.0 Å². The molecule has 5 rings (SSSR count). The first-order valence-corrected chi connectivity index (χ1v) is 13.1. The van der Waals surface area contributed by atoms with Gasteiger partial charge in [-0.1, -0.05) is 109 Å². The fourth-order valence-electron chi connectivity index (χ4n) is 5.02. The van der Waals surface area contributed by atoms with Gasteiger partial charge in [0.1, 0.15) is 5.82 Å². The van der Waals surface area contributed by atoms with Crippen LogP contribution < -0.4 is 0 Å². The maximum Gasteiger partial charge on any atom is 0.177 e. The lowest BCUT2D eigenvalue weighted by Crippen LogP contribution is -2.37. The van der Waals surface area contributed by atoms with E-state index in [1.807, 2.05) is 48.5 Å². The van der Waals surface area contributed by atoms with E-state index in [0.717, 1.165) is 54.8 Å². The Kier molecular flexibility index (Phi) is 8.07. The second kappa shape index (κ2) is 12.0. The van der Waals surface area contributed by atoms with Crippen molar-refractivity contribution in [2.45, 2.75) is 38.3 Å². The fraction of sp³-hybridized carbons (Fsp3) is 0.242. The van der Waals surface area contributed by atoms with Crippen molar-refractivity contribution in [1.29, 1.82) is 0 Å². The Bertz CT molecular complexity index is 1240. The first-order chi connectivity index (χ1) is 18.2. The number of likely N-dealkylation sites (tertiary alicyclic amines) is 1. The molecule has 1 fully saturated rings. The van der Waals surface area contributed by atoms with Gasteiger partial charge in [0.2, 0.25) is 0 Å². The molecule has 4 aromatic carbocycles. The van der Waals surface area contributed by atoms with Crippen LogP contribution in [-0.2, 0) is 11.3 Å². The van der Waals surface area contributed by atoms with E-state index in [1.165, 1.54) is 11.1 Å². The summed E-state index contributed by atoms with van der Waals surface area (Å²) in [5, 5.41) is 4.65. The van der Waals surface area contributed by atoms with Gasteiger partial charge in [0.15, 0.2) is 6.10 Å². The summed E-state index contributed by atoms with van der Waals surface area (Å²) in [6.07, 6.45) is 2.44. The quantitative estimate of drug-likeness (QED) is 0.235. The minimum atomic E-state index is -0.239. The van der Waals surface area contributed by atoms with Crippen LogP contribution in [0.15, 0.2) is 114 Å². The van der Waals surface area contributed by atoms with E-state index in [0.29, 0.717) is 0 Å². The van der Waals surface area contributed by atoms with Crippen molar-refractivity contribution in [2.24, 2.45) is 5.16 Å². The largest absolute Gasteiger partial charge is 0.383 e. The number of hydrogen-bond acceptors (Lipinski definition) is 3. The van der Waals surface area contributed by atoms with Gasteiger partial charge >= 0.3 is 0 Å². The number of hydrogen-bond donors (Lipinski definition) is 0. The molecule has 1 saturated heterocycles. The average Bonchev–Trinajstić information content (AvgIpc) is 2.97. The number of oxime groups is 1. The predicted molar refractivity (Wildman–Crippen MR) is 148 cm³/mol. The molecule has 0 amide bonds. The number of piperidine rings is 1. The molecule has 1 aliphatic heterocycles. The van der Waals surface area contributed by atoms with Gasteiger partial charge in [0.05, 0.1) is 11.8 Å². The molecule has 1 aliphatic rings. The van der Waals surface area contributed by atoms with E-state index in [4.69, 9.17) is 4.84 Å². The molecule has 37 heavy (non-hydrogen) atoms. The summed E-state index contributed by atoms with van der Waals surface area (Å²) in [6, 6.07) is 36.3. The van der Waals surface area contributed by atoms with Crippen molar-refractivity contribution in [3.05, 3.63) is 143 Å². The molecule has 1 atom stereocenters. The Morgan fingerprint density at radius 3 is 1.73 bits per heavy atom. The van der Waals surface area contributed by atoms with Crippen LogP contribution in [0.5, 0.6) is 0 Å². The zero-order valence-electron chi connectivity index (χ0n) is 21.3. The molecule has 0 saturated carbocycles. The van der Waals surface area contributed by atoms with Crippen molar-refractivity contribution < 1.29 is 9.23 Å². The maximum absolute atomic E-state index is 13.7. The molecule has 3 nitrogen and oxygen atoms in total. The van der Waals surface area contributed by atoms with Crippen LogP contribution in [-0.4, -0.2) is 23.7 Å². The van der Waals surface area contributed by atoms with E-state index in [1.54, 1.807) is 12.1 Å². The third-order valence-electron chi connectivity index (χ3n) is 7.12. The minimum Gasteiger partial charge on any atom is -0.383 e. The predicted octanol–water partition coefficient (Wildman–Crippen LogP) is 7.74. The third kappa shape index (κ3) is 6.15. The molecule has 0 aliphatic carbocycles. The van der Waals surface area contributed by atoms with Gasteiger partial charge in [0.25, 0.3) is 0 Å². The average molecular weight is 493 g/mol. The lowest BCUT2D eigenvalue weighted by Gasteiger charge is -2.35. The minimum absolute atomic E-state index is 0.0790. The highest BCUT2D eigenvalue weighted by molar-refractivity contribution is 5.85. The highest BCUT2D eigenvalue weighted by atomic mass is 19.1. The Hall–Kier alpha value is -3.76. The number of rotatable bonds is 8. The highest BCUT2D eigenvalue weighted by Gasteiger charge is 2.26. The Labute approximate surface area is 219 Å². The summed E-state index contributed by atoms with van der Waals surface area (Å²) in [5.41, 5.74) is 6.90. The molecular formula is C33H33FN2O. The van der Waals surface area contributed by atoms with Gasteiger partial charge in [-0.15, -0.1) is 0 Å². The monoisotopic (exact) mass is 492 g/mol. The molecule has 188 valence electrons. The molecule has 4 heteroatoms. The van der Waals surface area contributed by atoms with Gasteiger partial charge in [0, 0.05) is 25.9 Å². The van der Waals surface area contributed by atoms with E-state index in [9.17, 15) is 4.39 Å². The van der Waals surface area contributed by atoms with Gasteiger partial charge in [-0.25, -0.2) is 4.39 Å². The molecular weight excluding hydrogens is 459 g/mol. The first-order valence-electron chi connectivity index (χ1n) is 13.1. The number of halogens is 1. The summed E-state index contributed by atoms with van der Waals surface area (Å²) >= 11 is 0. The summed E-state index contributed by atoms with van der Waals surface area (Å²) in [6.45, 7) is 3.89. The molecule has 0 aromatic heterocycles. The normalized spacial score (nSPS) is 14.9. The number of benzene rings is 4. The molecule has 0 radical (unpaired) electrons. The van der Waals surface area contributed by atoms with Crippen molar-refractivity contribution >= 4 is 5.71 Å². The van der Waals surface area contributed by atoms with Crippen molar-refractivity contribution in [1.82, 2.24) is 4.90 Å². The van der Waals surface area contributed by atoms with E-state index >= 15 is 0 Å². The zero-order chi connectivity index (χ0) is 25.5. The van der Waals surface area contributed by atoms with Gasteiger partial charge in [-0.05, 0) is 46.4 Å². The maximum atomic E-state index is 13.7. The molecule has 1 unspecified atom stereocenters. The van der Waals surface area contributed by atoms with E-state index < -0.39 is 0 Å². The molecule has 0 spiro atoms.